The number of benzene rings is 1. The fraction of sp³-hybridized carbons (Fsp3) is 0.263. The molecule has 0 aliphatic rings. The minimum atomic E-state index is -0.168. The highest BCUT2D eigenvalue weighted by Crippen LogP contribution is 2.22. The van der Waals surface area contributed by atoms with Crippen LogP contribution in [0.15, 0.2) is 59.2 Å². The summed E-state index contributed by atoms with van der Waals surface area (Å²) in [6, 6.07) is 15.2. The van der Waals surface area contributed by atoms with Gasteiger partial charge in [0.25, 0.3) is 5.91 Å². The molecule has 0 fully saturated rings. The molecule has 6 heteroatoms. The Morgan fingerprint density at radius 1 is 1.24 bits per heavy atom. The zero-order valence-electron chi connectivity index (χ0n) is 14.4. The third kappa shape index (κ3) is 3.97. The van der Waals surface area contributed by atoms with Gasteiger partial charge in [0.2, 0.25) is 0 Å². The summed E-state index contributed by atoms with van der Waals surface area (Å²) in [4.78, 5) is 12.7. The second-order valence-electron chi connectivity index (χ2n) is 5.81. The molecule has 25 heavy (non-hydrogen) atoms. The van der Waals surface area contributed by atoms with Gasteiger partial charge in [-0.1, -0.05) is 25.1 Å². The third-order valence-electron chi connectivity index (χ3n) is 3.84. The molecule has 3 aromatic rings. The predicted octanol–water partition coefficient (Wildman–Crippen LogP) is 2.86. The second kappa shape index (κ2) is 7.81. The Morgan fingerprint density at radius 2 is 2.04 bits per heavy atom. The van der Waals surface area contributed by atoms with Crippen molar-refractivity contribution in [1.82, 2.24) is 20.4 Å². The van der Waals surface area contributed by atoms with Crippen LogP contribution in [-0.2, 0) is 0 Å². The molecule has 2 heterocycles. The van der Waals surface area contributed by atoms with Gasteiger partial charge in [-0.25, -0.2) is 4.68 Å². The molecule has 2 aromatic heterocycles. The number of hydrogen-bond donors (Lipinski definition) is 2. The van der Waals surface area contributed by atoms with Crippen molar-refractivity contribution >= 4 is 5.91 Å². The summed E-state index contributed by atoms with van der Waals surface area (Å²) < 4.78 is 7.06. The first-order valence-electron chi connectivity index (χ1n) is 8.40. The summed E-state index contributed by atoms with van der Waals surface area (Å²) in [6.45, 7) is 5.48. The highest BCUT2D eigenvalue weighted by Gasteiger charge is 2.19. The Balaban J connectivity index is 1.90. The summed E-state index contributed by atoms with van der Waals surface area (Å²) >= 11 is 0. The van der Waals surface area contributed by atoms with Crippen LogP contribution in [0.1, 0.15) is 24.3 Å². The van der Waals surface area contributed by atoms with Crippen LogP contribution in [0.2, 0.25) is 0 Å². The van der Waals surface area contributed by atoms with Crippen molar-refractivity contribution in [3.8, 4) is 17.1 Å². The van der Waals surface area contributed by atoms with Crippen LogP contribution in [0.3, 0.4) is 0 Å². The molecule has 0 spiro atoms. The summed E-state index contributed by atoms with van der Waals surface area (Å²) in [5, 5.41) is 10.8. The Hall–Kier alpha value is -2.86. The lowest BCUT2D eigenvalue weighted by atomic mass is 10.2. The largest absolute Gasteiger partial charge is 0.463 e. The Kier molecular flexibility index (Phi) is 5.30. The molecule has 0 radical (unpaired) electrons. The summed E-state index contributed by atoms with van der Waals surface area (Å²) in [5.41, 5.74) is 1.92. The molecule has 1 atom stereocenters. The van der Waals surface area contributed by atoms with E-state index in [0.29, 0.717) is 23.7 Å². The number of furan rings is 1. The van der Waals surface area contributed by atoms with Gasteiger partial charge < -0.3 is 15.1 Å². The average Bonchev–Trinajstić information content (AvgIpc) is 3.30. The fourth-order valence-corrected chi connectivity index (χ4v) is 2.61. The van der Waals surface area contributed by atoms with Crippen molar-refractivity contribution in [3.63, 3.8) is 0 Å². The molecule has 1 aromatic carbocycles. The molecule has 0 aliphatic heterocycles. The van der Waals surface area contributed by atoms with E-state index in [1.54, 1.807) is 23.1 Å². The van der Waals surface area contributed by atoms with Crippen LogP contribution in [0, 0.1) is 0 Å². The highest BCUT2D eigenvalue weighted by atomic mass is 16.3. The standard InChI is InChI=1S/C19H22N4O2/c1-3-20-14(2)13-21-19(24)17-12-16(18-10-7-11-25-18)22-23(17)15-8-5-4-6-9-15/h4-12,14,20H,3,13H2,1-2H3,(H,21,24)/t14-/m1/s1. The van der Waals surface area contributed by atoms with E-state index in [9.17, 15) is 4.79 Å². The molecule has 0 saturated heterocycles. The average molecular weight is 338 g/mol. The number of aromatic nitrogens is 2. The molecule has 1 amide bonds. The highest BCUT2D eigenvalue weighted by molar-refractivity contribution is 5.94. The minimum Gasteiger partial charge on any atom is -0.463 e. The number of carbonyl (C=O) groups excluding carboxylic acids is 1. The quantitative estimate of drug-likeness (QED) is 0.695. The Bertz CT molecular complexity index is 809. The first kappa shape index (κ1) is 17.0. The van der Waals surface area contributed by atoms with E-state index in [2.05, 4.69) is 15.7 Å². The van der Waals surface area contributed by atoms with Gasteiger partial charge in [0.15, 0.2) is 5.76 Å². The molecule has 0 saturated carbocycles. The van der Waals surface area contributed by atoms with Gasteiger partial charge in [-0.15, -0.1) is 0 Å². The zero-order valence-corrected chi connectivity index (χ0v) is 14.4. The van der Waals surface area contributed by atoms with Crippen molar-refractivity contribution in [2.24, 2.45) is 0 Å². The molecule has 3 rings (SSSR count). The van der Waals surface area contributed by atoms with Crippen molar-refractivity contribution in [3.05, 3.63) is 60.5 Å². The molecule has 0 unspecified atom stereocenters. The summed E-state index contributed by atoms with van der Waals surface area (Å²) in [6.07, 6.45) is 1.59. The molecule has 2 N–H and O–H groups in total. The topological polar surface area (TPSA) is 72.1 Å². The Morgan fingerprint density at radius 3 is 2.72 bits per heavy atom. The van der Waals surface area contributed by atoms with Crippen LogP contribution in [0.4, 0.5) is 0 Å². The van der Waals surface area contributed by atoms with Crippen LogP contribution in [0.5, 0.6) is 0 Å². The number of carbonyl (C=O) groups is 1. The van der Waals surface area contributed by atoms with Gasteiger partial charge in [0.1, 0.15) is 11.4 Å². The first-order chi connectivity index (χ1) is 12.2. The minimum absolute atomic E-state index is 0.168. The van der Waals surface area contributed by atoms with Gasteiger partial charge in [0, 0.05) is 18.7 Å². The summed E-state index contributed by atoms with van der Waals surface area (Å²) in [5.74, 6) is 0.462. The molecule has 0 aliphatic carbocycles. The maximum Gasteiger partial charge on any atom is 0.270 e. The molecular weight excluding hydrogens is 316 g/mol. The normalized spacial score (nSPS) is 12.1. The van der Waals surface area contributed by atoms with E-state index in [1.807, 2.05) is 50.2 Å². The SMILES string of the molecule is CCN[C@H](C)CNC(=O)c1cc(-c2ccco2)nn1-c1ccccc1. The maximum atomic E-state index is 12.7. The second-order valence-corrected chi connectivity index (χ2v) is 5.81. The first-order valence-corrected chi connectivity index (χ1v) is 8.40. The molecular formula is C19H22N4O2. The summed E-state index contributed by atoms with van der Waals surface area (Å²) in [7, 11) is 0. The van der Waals surface area contributed by atoms with Crippen molar-refractivity contribution in [1.29, 1.82) is 0 Å². The van der Waals surface area contributed by atoms with E-state index >= 15 is 0 Å². The maximum absolute atomic E-state index is 12.7. The van der Waals surface area contributed by atoms with Gasteiger partial charge in [-0.3, -0.25) is 4.79 Å². The van der Waals surface area contributed by atoms with Crippen LogP contribution in [0.25, 0.3) is 17.1 Å². The smallest absolute Gasteiger partial charge is 0.270 e. The number of rotatable bonds is 7. The lowest BCUT2D eigenvalue weighted by molar-refractivity contribution is 0.0942. The van der Waals surface area contributed by atoms with Crippen LogP contribution < -0.4 is 10.6 Å². The monoisotopic (exact) mass is 338 g/mol. The lowest BCUT2D eigenvalue weighted by Crippen LogP contribution is -2.39. The van der Waals surface area contributed by atoms with E-state index in [1.165, 1.54) is 0 Å². The van der Waals surface area contributed by atoms with Crippen molar-refractivity contribution in [2.75, 3.05) is 13.1 Å². The van der Waals surface area contributed by atoms with E-state index < -0.39 is 0 Å². The van der Waals surface area contributed by atoms with Gasteiger partial charge in [0.05, 0.1) is 12.0 Å². The van der Waals surface area contributed by atoms with E-state index in [0.717, 1.165) is 12.2 Å². The number of hydrogen-bond acceptors (Lipinski definition) is 4. The van der Waals surface area contributed by atoms with Crippen molar-refractivity contribution < 1.29 is 9.21 Å². The zero-order chi connectivity index (χ0) is 17.6. The Labute approximate surface area is 146 Å². The van der Waals surface area contributed by atoms with Gasteiger partial charge in [-0.2, -0.15) is 5.10 Å². The van der Waals surface area contributed by atoms with E-state index in [4.69, 9.17) is 4.42 Å². The van der Waals surface area contributed by atoms with Crippen LogP contribution in [-0.4, -0.2) is 34.8 Å². The van der Waals surface area contributed by atoms with Gasteiger partial charge in [-0.05, 0) is 37.7 Å². The molecule has 130 valence electrons. The number of para-hydroxylation sites is 1. The number of nitrogens with zero attached hydrogens (tertiary/aromatic N) is 2. The molecule has 0 bridgehead atoms. The molecule has 6 nitrogen and oxygen atoms in total. The predicted molar refractivity (Wildman–Crippen MR) is 96.7 cm³/mol. The van der Waals surface area contributed by atoms with E-state index in [-0.39, 0.29) is 11.9 Å². The fourth-order valence-electron chi connectivity index (χ4n) is 2.61. The van der Waals surface area contributed by atoms with Crippen LogP contribution >= 0.6 is 0 Å². The van der Waals surface area contributed by atoms with Gasteiger partial charge >= 0.3 is 0 Å². The third-order valence-corrected chi connectivity index (χ3v) is 3.84. The number of amides is 1. The lowest BCUT2D eigenvalue weighted by Gasteiger charge is -2.13. The van der Waals surface area contributed by atoms with Crippen molar-refractivity contribution in [2.45, 2.75) is 19.9 Å². The number of likely N-dealkylation sites (N-methyl/N-ethyl adjacent to an activating group) is 1. The number of nitrogens with one attached hydrogen (secondary N) is 2.